The molecule has 4 heteroatoms. The molecule has 0 spiro atoms. The monoisotopic (exact) mass is 806 g/mol. The Balaban J connectivity index is 0.977. The quantitative estimate of drug-likeness (QED) is 0.103. The number of aromatic nitrogens is 2. The zero-order valence-electron chi connectivity index (χ0n) is 36.2. The van der Waals surface area contributed by atoms with Crippen molar-refractivity contribution in [2.75, 3.05) is 9.80 Å². The molecule has 0 saturated carbocycles. The number of benzene rings is 6. The molecule has 0 saturated heterocycles. The lowest BCUT2D eigenvalue weighted by Gasteiger charge is -2.26. The fraction of sp³-hybridized carbons (Fsp3) is 0.138. The van der Waals surface area contributed by atoms with Gasteiger partial charge in [0.25, 0.3) is 0 Å². The summed E-state index contributed by atoms with van der Waals surface area (Å²) in [6.45, 7) is 8.82. The molecule has 6 aromatic carbocycles. The highest BCUT2D eigenvalue weighted by molar-refractivity contribution is 5.81. The van der Waals surface area contributed by atoms with E-state index in [0.29, 0.717) is 0 Å². The second-order valence-electron chi connectivity index (χ2n) is 15.6. The maximum absolute atomic E-state index is 4.70. The molecule has 2 aromatic heterocycles. The summed E-state index contributed by atoms with van der Waals surface area (Å²) in [5.41, 5.74) is 18.2. The normalized spacial score (nSPS) is 11.4. The van der Waals surface area contributed by atoms with Crippen LogP contribution in [-0.4, -0.2) is 9.97 Å². The predicted octanol–water partition coefficient (Wildman–Crippen LogP) is 15.7. The van der Waals surface area contributed by atoms with Gasteiger partial charge in [-0.3, -0.25) is 9.97 Å². The number of pyridine rings is 2. The van der Waals surface area contributed by atoms with Gasteiger partial charge in [0.2, 0.25) is 0 Å². The van der Waals surface area contributed by atoms with Gasteiger partial charge < -0.3 is 9.80 Å². The van der Waals surface area contributed by atoms with Crippen LogP contribution >= 0.6 is 0 Å². The zero-order chi connectivity index (χ0) is 42.7. The molecule has 0 N–H and O–H groups in total. The van der Waals surface area contributed by atoms with Gasteiger partial charge in [0.1, 0.15) is 0 Å². The molecule has 8 aromatic rings. The maximum atomic E-state index is 4.70. The number of rotatable bonds is 15. The van der Waals surface area contributed by atoms with Gasteiger partial charge in [0.05, 0.1) is 11.4 Å². The summed E-state index contributed by atoms with van der Waals surface area (Å²) in [6, 6.07) is 61.2. The molecule has 0 amide bonds. The standard InChI is InChI=1S/C58H54N4/c1-5-43-13-9-17-53(37-43)61(54-18-10-14-44(6-2)38-54)51-29-25-47(26-30-51)21-23-49-33-35-59-57(41-49)58-42-50(34-36-60-58)24-22-48-27-31-52(32-28-48)62(55-19-11-15-45(7-3)39-55)56-20-12-16-46(8-4)40-56/h9-42H,5-8H2,1-4H3/b23-21+,24-22+. The molecule has 0 aliphatic rings. The van der Waals surface area contributed by atoms with E-state index in [0.717, 1.165) is 93.4 Å². The van der Waals surface area contributed by atoms with Crippen molar-refractivity contribution in [1.29, 1.82) is 0 Å². The van der Waals surface area contributed by atoms with Gasteiger partial charge in [-0.15, -0.1) is 0 Å². The SMILES string of the molecule is CCc1cccc(N(c2ccc(/C=C/c3ccnc(-c4cc(/C=C/c5ccc(N(c6cccc(CC)c6)c6cccc(CC)c6)cc5)ccn4)c3)cc2)c2cccc(CC)c2)c1. The smallest absolute Gasteiger partial charge is 0.0892 e. The lowest BCUT2D eigenvalue weighted by Crippen LogP contribution is -2.10. The Morgan fingerprint density at radius 3 is 0.935 bits per heavy atom. The van der Waals surface area contributed by atoms with E-state index in [-0.39, 0.29) is 0 Å². The molecule has 0 fully saturated rings. The van der Waals surface area contributed by atoms with E-state index in [1.807, 2.05) is 24.5 Å². The van der Waals surface area contributed by atoms with Crippen molar-refractivity contribution in [3.63, 3.8) is 0 Å². The van der Waals surface area contributed by atoms with Gasteiger partial charge in [-0.2, -0.15) is 0 Å². The van der Waals surface area contributed by atoms with Gasteiger partial charge in [-0.25, -0.2) is 0 Å². The molecule has 4 nitrogen and oxygen atoms in total. The summed E-state index contributed by atoms with van der Waals surface area (Å²) in [6.07, 6.45) is 16.3. The molecule has 306 valence electrons. The number of aryl methyl sites for hydroxylation is 4. The summed E-state index contributed by atoms with van der Waals surface area (Å²) in [5, 5.41) is 0. The first-order valence-corrected chi connectivity index (χ1v) is 21.9. The third kappa shape index (κ3) is 10.00. The van der Waals surface area contributed by atoms with E-state index >= 15 is 0 Å². The van der Waals surface area contributed by atoms with Gasteiger partial charge >= 0.3 is 0 Å². The van der Waals surface area contributed by atoms with Crippen LogP contribution in [0.25, 0.3) is 35.7 Å². The minimum absolute atomic E-state index is 0.834. The van der Waals surface area contributed by atoms with E-state index < -0.39 is 0 Å². The van der Waals surface area contributed by atoms with Crippen LogP contribution < -0.4 is 9.80 Å². The maximum Gasteiger partial charge on any atom is 0.0892 e. The van der Waals surface area contributed by atoms with Crippen molar-refractivity contribution in [2.24, 2.45) is 0 Å². The van der Waals surface area contributed by atoms with Gasteiger partial charge in [-0.05, 0) is 167 Å². The second kappa shape index (κ2) is 19.8. The van der Waals surface area contributed by atoms with Crippen molar-refractivity contribution in [2.45, 2.75) is 53.4 Å². The van der Waals surface area contributed by atoms with E-state index in [9.17, 15) is 0 Å². The Bertz CT molecular complexity index is 2510. The summed E-state index contributed by atoms with van der Waals surface area (Å²) in [7, 11) is 0. The third-order valence-corrected chi connectivity index (χ3v) is 11.4. The van der Waals surface area contributed by atoms with Crippen LogP contribution in [0.5, 0.6) is 0 Å². The number of hydrogen-bond acceptors (Lipinski definition) is 4. The Morgan fingerprint density at radius 2 is 0.629 bits per heavy atom. The highest BCUT2D eigenvalue weighted by Crippen LogP contribution is 2.37. The lowest BCUT2D eigenvalue weighted by molar-refractivity contribution is 1.12. The molecule has 0 bridgehead atoms. The molecule has 8 rings (SSSR count). The Kier molecular flexibility index (Phi) is 13.3. The first kappa shape index (κ1) is 41.4. The van der Waals surface area contributed by atoms with Crippen molar-refractivity contribution in [1.82, 2.24) is 9.97 Å². The van der Waals surface area contributed by atoms with Gasteiger partial charge in [0, 0.05) is 46.5 Å². The highest BCUT2D eigenvalue weighted by atomic mass is 15.1. The molecule has 62 heavy (non-hydrogen) atoms. The van der Waals surface area contributed by atoms with Crippen molar-refractivity contribution >= 4 is 58.4 Å². The number of anilines is 6. The molecule has 0 unspecified atom stereocenters. The minimum atomic E-state index is 0.834. The molecular weight excluding hydrogens is 753 g/mol. The van der Waals surface area contributed by atoms with Crippen LogP contribution in [-0.2, 0) is 25.7 Å². The van der Waals surface area contributed by atoms with Crippen LogP contribution in [0.4, 0.5) is 34.1 Å². The summed E-state index contributed by atoms with van der Waals surface area (Å²) < 4.78 is 0. The van der Waals surface area contributed by atoms with E-state index in [1.165, 1.54) is 22.3 Å². The Labute approximate surface area is 368 Å². The minimum Gasteiger partial charge on any atom is -0.310 e. The molecular formula is C58H54N4. The van der Waals surface area contributed by atoms with E-state index in [2.05, 4.69) is 220 Å². The highest BCUT2D eigenvalue weighted by Gasteiger charge is 2.15. The third-order valence-electron chi connectivity index (χ3n) is 11.4. The summed E-state index contributed by atoms with van der Waals surface area (Å²) in [4.78, 5) is 14.1. The van der Waals surface area contributed by atoms with Crippen molar-refractivity contribution < 1.29 is 0 Å². The Hall–Kier alpha value is -7.30. The van der Waals surface area contributed by atoms with Crippen LogP contribution in [0.15, 0.2) is 182 Å². The van der Waals surface area contributed by atoms with Crippen LogP contribution in [0, 0.1) is 0 Å². The fourth-order valence-electron chi connectivity index (χ4n) is 7.79. The number of hydrogen-bond donors (Lipinski definition) is 0. The van der Waals surface area contributed by atoms with Gasteiger partial charge in [-0.1, -0.05) is 125 Å². The van der Waals surface area contributed by atoms with Crippen molar-refractivity contribution in [3.8, 4) is 11.4 Å². The zero-order valence-corrected chi connectivity index (χ0v) is 36.2. The average molecular weight is 807 g/mol. The number of nitrogens with zero attached hydrogens (tertiary/aromatic N) is 4. The van der Waals surface area contributed by atoms with E-state index in [4.69, 9.17) is 9.97 Å². The van der Waals surface area contributed by atoms with Gasteiger partial charge in [0.15, 0.2) is 0 Å². The largest absolute Gasteiger partial charge is 0.310 e. The molecule has 0 radical (unpaired) electrons. The first-order valence-electron chi connectivity index (χ1n) is 21.9. The van der Waals surface area contributed by atoms with Crippen LogP contribution in [0.2, 0.25) is 0 Å². The van der Waals surface area contributed by atoms with Crippen molar-refractivity contribution in [3.05, 3.63) is 227 Å². The Morgan fingerprint density at radius 1 is 0.323 bits per heavy atom. The molecule has 0 aliphatic carbocycles. The molecule has 0 aliphatic heterocycles. The second-order valence-corrected chi connectivity index (χ2v) is 15.6. The molecule has 2 heterocycles. The fourth-order valence-corrected chi connectivity index (χ4v) is 7.79. The first-order chi connectivity index (χ1) is 30.5. The predicted molar refractivity (Wildman–Crippen MR) is 265 cm³/mol. The average Bonchev–Trinajstić information content (AvgIpc) is 3.34. The van der Waals surface area contributed by atoms with Crippen LogP contribution in [0.1, 0.15) is 72.2 Å². The summed E-state index contributed by atoms with van der Waals surface area (Å²) in [5.74, 6) is 0. The topological polar surface area (TPSA) is 32.3 Å². The molecule has 0 atom stereocenters. The van der Waals surface area contributed by atoms with E-state index in [1.54, 1.807) is 0 Å². The summed E-state index contributed by atoms with van der Waals surface area (Å²) >= 11 is 0. The van der Waals surface area contributed by atoms with Crippen LogP contribution in [0.3, 0.4) is 0 Å². The lowest BCUT2D eigenvalue weighted by atomic mass is 10.1.